The van der Waals surface area contributed by atoms with Gasteiger partial charge in [0.05, 0.1) is 12.7 Å². The number of carbonyl (C=O) groups is 2. The van der Waals surface area contributed by atoms with Crippen LogP contribution in [0.2, 0.25) is 0 Å². The van der Waals surface area contributed by atoms with Gasteiger partial charge in [-0.15, -0.1) is 0 Å². The molecule has 5 heteroatoms. The summed E-state index contributed by atoms with van der Waals surface area (Å²) in [6.45, 7) is 2.04. The zero-order valence-electron chi connectivity index (χ0n) is 11.1. The van der Waals surface area contributed by atoms with Crippen LogP contribution in [0.25, 0.3) is 6.08 Å². The molecule has 1 amide bonds. The average molecular weight is 262 g/mol. The number of ether oxygens (including phenoxy) is 1. The lowest BCUT2D eigenvalue weighted by Crippen LogP contribution is -2.20. The Labute approximate surface area is 112 Å². The molecule has 3 N–H and O–H groups in total. The Morgan fingerprint density at radius 1 is 1.42 bits per heavy atom. The summed E-state index contributed by atoms with van der Waals surface area (Å²) in [4.78, 5) is 22.3. The molecule has 102 valence electrons. The van der Waals surface area contributed by atoms with Crippen molar-refractivity contribution in [2.75, 3.05) is 19.4 Å². The summed E-state index contributed by atoms with van der Waals surface area (Å²) in [5.41, 5.74) is 7.33. The number of benzene rings is 1. The van der Waals surface area contributed by atoms with Gasteiger partial charge in [-0.25, -0.2) is 4.79 Å². The van der Waals surface area contributed by atoms with Crippen molar-refractivity contribution in [3.05, 3.63) is 35.4 Å². The van der Waals surface area contributed by atoms with Gasteiger partial charge in [-0.1, -0.05) is 18.2 Å². The average Bonchev–Trinajstić information content (AvgIpc) is 2.38. The first kappa shape index (κ1) is 14.8. The maximum absolute atomic E-state index is 11.6. The molecular weight excluding hydrogens is 244 g/mol. The number of nitrogens with two attached hydrogens (primary N) is 1. The van der Waals surface area contributed by atoms with Gasteiger partial charge in [-0.2, -0.15) is 0 Å². The molecule has 0 heterocycles. The first-order chi connectivity index (χ1) is 9.04. The summed E-state index contributed by atoms with van der Waals surface area (Å²) < 4.78 is 4.71. The quantitative estimate of drug-likeness (QED) is 0.479. The minimum atomic E-state index is -0.422. The highest BCUT2D eigenvalue weighted by Crippen LogP contribution is 2.16. The molecule has 0 unspecified atom stereocenters. The van der Waals surface area contributed by atoms with Crippen LogP contribution < -0.4 is 11.1 Å². The SMILES string of the molecule is COC(=O)c1cc(N)ccc1C=CCCNC(C)=O. The summed E-state index contributed by atoms with van der Waals surface area (Å²) in [7, 11) is 1.33. The van der Waals surface area contributed by atoms with E-state index < -0.39 is 5.97 Å². The molecule has 0 aliphatic heterocycles. The molecule has 0 aliphatic rings. The summed E-state index contributed by atoms with van der Waals surface area (Å²) in [5.74, 6) is -0.482. The highest BCUT2D eigenvalue weighted by atomic mass is 16.5. The van der Waals surface area contributed by atoms with Gasteiger partial charge >= 0.3 is 5.97 Å². The van der Waals surface area contributed by atoms with E-state index in [2.05, 4.69) is 5.32 Å². The minimum Gasteiger partial charge on any atom is -0.465 e. The first-order valence-corrected chi connectivity index (χ1v) is 5.93. The number of methoxy groups -OCH3 is 1. The van der Waals surface area contributed by atoms with Gasteiger partial charge in [0.1, 0.15) is 0 Å². The van der Waals surface area contributed by atoms with Crippen LogP contribution in [0.1, 0.15) is 29.3 Å². The third kappa shape index (κ3) is 4.83. The number of carbonyl (C=O) groups excluding carboxylic acids is 2. The number of rotatable bonds is 5. The zero-order valence-corrected chi connectivity index (χ0v) is 11.1. The number of anilines is 1. The van der Waals surface area contributed by atoms with Crippen molar-refractivity contribution in [3.8, 4) is 0 Å². The van der Waals surface area contributed by atoms with E-state index in [1.54, 1.807) is 18.2 Å². The molecule has 19 heavy (non-hydrogen) atoms. The standard InChI is InChI=1S/C14H18N2O3/c1-10(17)16-8-4-3-5-11-6-7-12(15)9-13(11)14(18)19-2/h3,5-7,9H,4,8,15H2,1-2H3,(H,16,17). The molecular formula is C14H18N2O3. The second-order valence-corrected chi connectivity index (χ2v) is 4.01. The fourth-order valence-corrected chi connectivity index (χ4v) is 1.55. The lowest BCUT2D eigenvalue weighted by atomic mass is 10.1. The van der Waals surface area contributed by atoms with Crippen LogP contribution in [-0.2, 0) is 9.53 Å². The van der Waals surface area contributed by atoms with E-state index in [-0.39, 0.29) is 5.91 Å². The molecule has 0 fully saturated rings. The smallest absolute Gasteiger partial charge is 0.338 e. The summed E-state index contributed by atoms with van der Waals surface area (Å²) in [6.07, 6.45) is 4.38. The van der Waals surface area contributed by atoms with Crippen LogP contribution in [0.5, 0.6) is 0 Å². The van der Waals surface area contributed by atoms with Gasteiger partial charge < -0.3 is 15.8 Å². The van der Waals surface area contributed by atoms with Crippen molar-refractivity contribution in [2.24, 2.45) is 0 Å². The second kappa shape index (κ2) is 7.20. The minimum absolute atomic E-state index is 0.0591. The van der Waals surface area contributed by atoms with Crippen molar-refractivity contribution < 1.29 is 14.3 Å². The number of hydrogen-bond donors (Lipinski definition) is 2. The number of esters is 1. The Morgan fingerprint density at radius 3 is 2.79 bits per heavy atom. The van der Waals surface area contributed by atoms with E-state index in [1.165, 1.54) is 14.0 Å². The predicted molar refractivity (Wildman–Crippen MR) is 74.5 cm³/mol. The van der Waals surface area contributed by atoms with Gasteiger partial charge in [-0.05, 0) is 24.1 Å². The second-order valence-electron chi connectivity index (χ2n) is 4.01. The third-order valence-corrected chi connectivity index (χ3v) is 2.47. The Hall–Kier alpha value is -2.30. The molecule has 0 saturated carbocycles. The first-order valence-electron chi connectivity index (χ1n) is 5.93. The van der Waals surface area contributed by atoms with Gasteiger partial charge in [0.25, 0.3) is 0 Å². The summed E-state index contributed by atoms with van der Waals surface area (Å²) in [6, 6.07) is 5.07. The van der Waals surface area contributed by atoms with E-state index in [1.807, 2.05) is 12.2 Å². The lowest BCUT2D eigenvalue weighted by molar-refractivity contribution is -0.118. The molecule has 0 aromatic heterocycles. The Morgan fingerprint density at radius 2 is 2.16 bits per heavy atom. The number of amides is 1. The van der Waals surface area contributed by atoms with Gasteiger partial charge in [0.15, 0.2) is 0 Å². The van der Waals surface area contributed by atoms with Crippen molar-refractivity contribution in [1.82, 2.24) is 5.32 Å². The molecule has 1 rings (SSSR count). The molecule has 1 aromatic carbocycles. The fourth-order valence-electron chi connectivity index (χ4n) is 1.55. The Balaban J connectivity index is 2.74. The molecule has 0 aliphatic carbocycles. The molecule has 0 atom stereocenters. The topological polar surface area (TPSA) is 81.4 Å². The maximum atomic E-state index is 11.6. The van der Waals surface area contributed by atoms with Crippen LogP contribution in [0, 0.1) is 0 Å². The lowest BCUT2D eigenvalue weighted by Gasteiger charge is -2.05. The number of hydrogen-bond acceptors (Lipinski definition) is 4. The van der Waals surface area contributed by atoms with Crippen molar-refractivity contribution in [2.45, 2.75) is 13.3 Å². The third-order valence-electron chi connectivity index (χ3n) is 2.47. The van der Waals surface area contributed by atoms with Crippen molar-refractivity contribution in [1.29, 1.82) is 0 Å². The van der Waals surface area contributed by atoms with Crippen molar-refractivity contribution >= 4 is 23.6 Å². The van der Waals surface area contributed by atoms with Gasteiger partial charge in [0, 0.05) is 19.2 Å². The monoisotopic (exact) mass is 262 g/mol. The molecule has 1 aromatic rings. The Bertz CT molecular complexity index is 495. The molecule has 0 radical (unpaired) electrons. The maximum Gasteiger partial charge on any atom is 0.338 e. The van der Waals surface area contributed by atoms with E-state index in [9.17, 15) is 9.59 Å². The molecule has 0 spiro atoms. The largest absolute Gasteiger partial charge is 0.465 e. The van der Waals surface area contributed by atoms with Crippen molar-refractivity contribution in [3.63, 3.8) is 0 Å². The normalized spacial score (nSPS) is 10.4. The Kier molecular flexibility index (Phi) is 5.60. The number of nitrogens with one attached hydrogen (secondary N) is 1. The van der Waals surface area contributed by atoms with E-state index in [0.29, 0.717) is 24.2 Å². The summed E-state index contributed by atoms with van der Waals surface area (Å²) >= 11 is 0. The summed E-state index contributed by atoms with van der Waals surface area (Å²) in [5, 5.41) is 2.69. The van der Waals surface area contributed by atoms with E-state index in [0.717, 1.165) is 5.56 Å². The van der Waals surface area contributed by atoms with Crippen LogP contribution in [0.4, 0.5) is 5.69 Å². The number of nitrogen functional groups attached to an aromatic ring is 1. The fraction of sp³-hybridized carbons (Fsp3) is 0.286. The van der Waals surface area contributed by atoms with Gasteiger partial charge in [0.2, 0.25) is 5.91 Å². The van der Waals surface area contributed by atoms with E-state index in [4.69, 9.17) is 10.5 Å². The molecule has 0 bridgehead atoms. The van der Waals surface area contributed by atoms with Crippen LogP contribution in [0.15, 0.2) is 24.3 Å². The highest BCUT2D eigenvalue weighted by molar-refractivity contribution is 5.94. The molecule has 0 saturated heterocycles. The highest BCUT2D eigenvalue weighted by Gasteiger charge is 2.09. The van der Waals surface area contributed by atoms with E-state index >= 15 is 0 Å². The molecule has 5 nitrogen and oxygen atoms in total. The predicted octanol–water partition coefficient (Wildman–Crippen LogP) is 1.59. The van der Waals surface area contributed by atoms with Crippen LogP contribution in [-0.4, -0.2) is 25.5 Å². The van der Waals surface area contributed by atoms with Crippen LogP contribution in [0.3, 0.4) is 0 Å². The van der Waals surface area contributed by atoms with Gasteiger partial charge in [-0.3, -0.25) is 4.79 Å². The van der Waals surface area contributed by atoms with Crippen LogP contribution >= 0.6 is 0 Å². The zero-order chi connectivity index (χ0) is 14.3.